The summed E-state index contributed by atoms with van der Waals surface area (Å²) in [6, 6.07) is 19.6. The monoisotopic (exact) mass is 435 g/mol. The van der Waals surface area contributed by atoms with Gasteiger partial charge in [-0.05, 0) is 42.0 Å². The largest absolute Gasteiger partial charge is 0.488 e. The molecule has 0 bridgehead atoms. The zero-order chi connectivity index (χ0) is 22.5. The molecule has 1 amide bonds. The molecule has 32 heavy (non-hydrogen) atoms. The SMILES string of the molecule is O=C(c1ccccc1OCc1ccc(F)cc1)N1CCN(c2ccc([N+](=O)[O-])cc2)CC1. The lowest BCUT2D eigenvalue weighted by molar-refractivity contribution is -0.384. The summed E-state index contributed by atoms with van der Waals surface area (Å²) >= 11 is 0. The molecule has 0 aromatic heterocycles. The Morgan fingerprint density at radius 2 is 1.59 bits per heavy atom. The number of anilines is 1. The lowest BCUT2D eigenvalue weighted by atomic mass is 10.1. The zero-order valence-electron chi connectivity index (χ0n) is 17.3. The number of nitro benzene ring substituents is 1. The molecule has 0 N–H and O–H groups in total. The molecule has 7 nitrogen and oxygen atoms in total. The van der Waals surface area contributed by atoms with Crippen LogP contribution in [0.3, 0.4) is 0 Å². The standard InChI is InChI=1S/C24H22FN3O4/c25-19-7-5-18(6-8-19)17-32-23-4-2-1-3-22(23)24(29)27-15-13-26(14-16-27)20-9-11-21(12-10-20)28(30)31/h1-12H,13-17H2. The molecular formula is C24H22FN3O4. The summed E-state index contributed by atoms with van der Waals surface area (Å²) in [5.74, 6) is 0.0693. The van der Waals surface area contributed by atoms with E-state index in [4.69, 9.17) is 4.74 Å². The average Bonchev–Trinajstić information content (AvgIpc) is 2.83. The van der Waals surface area contributed by atoms with E-state index in [1.807, 2.05) is 6.07 Å². The molecule has 0 atom stereocenters. The Bertz CT molecular complexity index is 1090. The van der Waals surface area contributed by atoms with Crippen LogP contribution in [0.1, 0.15) is 15.9 Å². The van der Waals surface area contributed by atoms with Crippen molar-refractivity contribution in [2.45, 2.75) is 6.61 Å². The van der Waals surface area contributed by atoms with Gasteiger partial charge in [0.15, 0.2) is 0 Å². The van der Waals surface area contributed by atoms with Crippen LogP contribution in [0.4, 0.5) is 15.8 Å². The predicted molar refractivity (Wildman–Crippen MR) is 118 cm³/mol. The summed E-state index contributed by atoms with van der Waals surface area (Å²) in [5, 5.41) is 10.8. The molecule has 1 aliphatic rings. The first-order valence-electron chi connectivity index (χ1n) is 10.3. The quantitative estimate of drug-likeness (QED) is 0.427. The number of hydrogen-bond acceptors (Lipinski definition) is 5. The summed E-state index contributed by atoms with van der Waals surface area (Å²) in [5.41, 5.74) is 2.24. The molecule has 0 spiro atoms. The Labute approximate surface area is 184 Å². The average molecular weight is 435 g/mol. The van der Waals surface area contributed by atoms with Gasteiger partial charge in [0.25, 0.3) is 11.6 Å². The van der Waals surface area contributed by atoms with Crippen molar-refractivity contribution in [2.75, 3.05) is 31.1 Å². The number of benzene rings is 3. The minimum absolute atomic E-state index is 0.0554. The minimum Gasteiger partial charge on any atom is -0.488 e. The molecule has 1 aliphatic heterocycles. The van der Waals surface area contributed by atoms with Gasteiger partial charge in [-0.25, -0.2) is 4.39 Å². The number of carbonyl (C=O) groups is 1. The van der Waals surface area contributed by atoms with E-state index in [0.717, 1.165) is 11.3 Å². The van der Waals surface area contributed by atoms with Crippen LogP contribution in [-0.4, -0.2) is 41.9 Å². The Morgan fingerprint density at radius 1 is 0.938 bits per heavy atom. The highest BCUT2D eigenvalue weighted by molar-refractivity contribution is 5.97. The second-order valence-corrected chi connectivity index (χ2v) is 7.46. The Kier molecular flexibility index (Phi) is 6.30. The van der Waals surface area contributed by atoms with E-state index < -0.39 is 4.92 Å². The van der Waals surface area contributed by atoms with Crippen LogP contribution < -0.4 is 9.64 Å². The van der Waals surface area contributed by atoms with Crippen LogP contribution >= 0.6 is 0 Å². The molecule has 1 heterocycles. The molecule has 164 valence electrons. The zero-order valence-corrected chi connectivity index (χ0v) is 17.3. The molecule has 0 radical (unpaired) electrons. The van der Waals surface area contributed by atoms with Crippen molar-refractivity contribution in [3.8, 4) is 5.75 Å². The van der Waals surface area contributed by atoms with E-state index >= 15 is 0 Å². The van der Waals surface area contributed by atoms with Gasteiger partial charge in [-0.1, -0.05) is 24.3 Å². The molecule has 3 aromatic carbocycles. The number of amides is 1. The lowest BCUT2D eigenvalue weighted by Crippen LogP contribution is -2.48. The summed E-state index contributed by atoms with van der Waals surface area (Å²) in [7, 11) is 0. The minimum atomic E-state index is -0.421. The van der Waals surface area contributed by atoms with Crippen molar-refractivity contribution >= 4 is 17.3 Å². The van der Waals surface area contributed by atoms with E-state index in [0.29, 0.717) is 37.5 Å². The Balaban J connectivity index is 1.38. The number of nitro groups is 1. The summed E-state index contributed by atoms with van der Waals surface area (Å²) in [6.07, 6.45) is 0. The number of carbonyl (C=O) groups excluding carboxylic acids is 1. The van der Waals surface area contributed by atoms with Crippen LogP contribution in [0.2, 0.25) is 0 Å². The second-order valence-electron chi connectivity index (χ2n) is 7.46. The van der Waals surface area contributed by atoms with Crippen molar-refractivity contribution in [1.29, 1.82) is 0 Å². The van der Waals surface area contributed by atoms with Gasteiger partial charge in [0.1, 0.15) is 18.2 Å². The van der Waals surface area contributed by atoms with Crippen molar-refractivity contribution in [1.82, 2.24) is 4.90 Å². The number of halogens is 1. The molecule has 0 unspecified atom stereocenters. The fraction of sp³-hybridized carbons (Fsp3) is 0.208. The van der Waals surface area contributed by atoms with Gasteiger partial charge in [-0.3, -0.25) is 14.9 Å². The van der Waals surface area contributed by atoms with E-state index in [-0.39, 0.29) is 24.0 Å². The number of ether oxygens (including phenoxy) is 1. The van der Waals surface area contributed by atoms with Crippen molar-refractivity contribution in [3.63, 3.8) is 0 Å². The summed E-state index contributed by atoms with van der Waals surface area (Å²) < 4.78 is 19.0. The number of hydrogen-bond donors (Lipinski definition) is 0. The van der Waals surface area contributed by atoms with Crippen molar-refractivity contribution in [3.05, 3.63) is 99.9 Å². The summed E-state index contributed by atoms with van der Waals surface area (Å²) in [4.78, 5) is 27.4. The molecule has 1 saturated heterocycles. The Hall–Kier alpha value is -3.94. The lowest BCUT2D eigenvalue weighted by Gasteiger charge is -2.36. The molecule has 1 fully saturated rings. The van der Waals surface area contributed by atoms with Gasteiger partial charge in [0, 0.05) is 44.0 Å². The molecule has 3 aromatic rings. The molecule has 8 heteroatoms. The predicted octanol–water partition coefficient (Wildman–Crippen LogP) is 4.28. The topological polar surface area (TPSA) is 75.9 Å². The maximum atomic E-state index is 13.1. The van der Waals surface area contributed by atoms with Gasteiger partial charge in [0.2, 0.25) is 0 Å². The van der Waals surface area contributed by atoms with Crippen molar-refractivity contribution < 1.29 is 18.8 Å². The van der Waals surface area contributed by atoms with Gasteiger partial charge in [-0.15, -0.1) is 0 Å². The number of nitrogens with zero attached hydrogens (tertiary/aromatic N) is 3. The third-order valence-electron chi connectivity index (χ3n) is 5.42. The van der Waals surface area contributed by atoms with Crippen LogP contribution in [0.15, 0.2) is 72.8 Å². The van der Waals surface area contributed by atoms with Crippen molar-refractivity contribution in [2.24, 2.45) is 0 Å². The van der Waals surface area contributed by atoms with Gasteiger partial charge >= 0.3 is 0 Å². The maximum Gasteiger partial charge on any atom is 0.269 e. The van der Waals surface area contributed by atoms with Crippen LogP contribution in [0, 0.1) is 15.9 Å². The number of rotatable bonds is 6. The highest BCUT2D eigenvalue weighted by Gasteiger charge is 2.24. The van der Waals surface area contributed by atoms with Crippen LogP contribution in [-0.2, 0) is 6.61 Å². The molecule has 0 aliphatic carbocycles. The fourth-order valence-corrected chi connectivity index (χ4v) is 3.63. The third-order valence-corrected chi connectivity index (χ3v) is 5.42. The van der Waals surface area contributed by atoms with Gasteiger partial charge in [0.05, 0.1) is 10.5 Å². The van der Waals surface area contributed by atoms with Crippen LogP contribution in [0.25, 0.3) is 0 Å². The van der Waals surface area contributed by atoms with Crippen LogP contribution in [0.5, 0.6) is 5.75 Å². The first-order valence-corrected chi connectivity index (χ1v) is 10.3. The first-order chi connectivity index (χ1) is 15.5. The van der Waals surface area contributed by atoms with E-state index in [1.54, 1.807) is 47.4 Å². The fourth-order valence-electron chi connectivity index (χ4n) is 3.63. The van der Waals surface area contributed by atoms with E-state index in [9.17, 15) is 19.3 Å². The normalized spacial score (nSPS) is 13.7. The van der Waals surface area contributed by atoms with E-state index in [2.05, 4.69) is 4.90 Å². The van der Waals surface area contributed by atoms with Gasteiger partial charge in [-0.2, -0.15) is 0 Å². The molecule has 4 rings (SSSR count). The molecular weight excluding hydrogens is 413 g/mol. The van der Waals surface area contributed by atoms with E-state index in [1.165, 1.54) is 24.3 Å². The van der Waals surface area contributed by atoms with Gasteiger partial charge < -0.3 is 14.5 Å². The summed E-state index contributed by atoms with van der Waals surface area (Å²) in [6.45, 7) is 2.55. The third kappa shape index (κ3) is 4.85. The highest BCUT2D eigenvalue weighted by Crippen LogP contribution is 2.24. The first kappa shape index (κ1) is 21.3. The smallest absolute Gasteiger partial charge is 0.269 e. The number of piperazine rings is 1. The Morgan fingerprint density at radius 3 is 2.25 bits per heavy atom. The number of non-ortho nitro benzene ring substituents is 1. The maximum absolute atomic E-state index is 13.1. The second kappa shape index (κ2) is 9.47. The highest BCUT2D eigenvalue weighted by atomic mass is 19.1. The molecule has 0 saturated carbocycles. The number of para-hydroxylation sites is 1.